The number of hydrogen-bond acceptors (Lipinski definition) is 6. The largest absolute Gasteiger partial charge is 0.367 e. The number of nitrogens with one attached hydrogen (secondary N) is 2. The molecule has 0 aromatic carbocycles. The zero-order valence-electron chi connectivity index (χ0n) is 12.1. The molecule has 0 bridgehead atoms. The smallest absolute Gasteiger partial charge is 0.244 e. The molecule has 7 heteroatoms. The Morgan fingerprint density at radius 3 is 3.19 bits per heavy atom. The van der Waals surface area contributed by atoms with E-state index in [9.17, 15) is 0 Å². The molecule has 0 saturated carbocycles. The Balaban J connectivity index is 1.55. The number of imidazole rings is 1. The first kappa shape index (κ1) is 13.0. The maximum Gasteiger partial charge on any atom is 0.244 e. The molecule has 0 spiro atoms. The number of ether oxygens (including phenoxy) is 1. The highest BCUT2D eigenvalue weighted by Gasteiger charge is 2.36. The van der Waals surface area contributed by atoms with Crippen molar-refractivity contribution < 1.29 is 9.26 Å². The maximum absolute atomic E-state index is 5.87. The fourth-order valence-electron chi connectivity index (χ4n) is 3.05. The molecule has 2 aromatic heterocycles. The van der Waals surface area contributed by atoms with E-state index in [0.29, 0.717) is 11.7 Å². The lowest BCUT2D eigenvalue weighted by Crippen LogP contribution is -2.32. The maximum atomic E-state index is 5.87. The normalized spacial score (nSPS) is 29.3. The van der Waals surface area contributed by atoms with Gasteiger partial charge in [0.1, 0.15) is 5.60 Å². The lowest BCUT2D eigenvalue weighted by molar-refractivity contribution is -0.0770. The Kier molecular flexibility index (Phi) is 3.04. The van der Waals surface area contributed by atoms with Gasteiger partial charge in [-0.2, -0.15) is 4.98 Å². The van der Waals surface area contributed by atoms with Crippen molar-refractivity contribution in [1.29, 1.82) is 0 Å². The van der Waals surface area contributed by atoms with Crippen LogP contribution in [0.1, 0.15) is 55.3 Å². The predicted octanol–water partition coefficient (Wildman–Crippen LogP) is 1.60. The van der Waals surface area contributed by atoms with Crippen molar-refractivity contribution in [3.05, 3.63) is 29.4 Å². The second-order valence-corrected chi connectivity index (χ2v) is 5.96. The van der Waals surface area contributed by atoms with E-state index in [1.807, 2.05) is 6.92 Å². The fraction of sp³-hybridized carbons (Fsp3) is 0.643. The summed E-state index contributed by atoms with van der Waals surface area (Å²) in [6.07, 6.45) is 5.67. The highest BCUT2D eigenvalue weighted by Crippen LogP contribution is 2.33. The summed E-state index contributed by atoms with van der Waals surface area (Å²) in [6.45, 7) is 3.55. The van der Waals surface area contributed by atoms with Gasteiger partial charge in [0.2, 0.25) is 11.7 Å². The van der Waals surface area contributed by atoms with Crippen LogP contribution in [0.5, 0.6) is 0 Å². The molecule has 112 valence electrons. The fourth-order valence-corrected chi connectivity index (χ4v) is 3.05. The number of nitrogens with zero attached hydrogens (tertiary/aromatic N) is 3. The van der Waals surface area contributed by atoms with E-state index in [2.05, 4.69) is 25.4 Å². The Morgan fingerprint density at radius 1 is 1.38 bits per heavy atom. The van der Waals surface area contributed by atoms with Gasteiger partial charge in [-0.05, 0) is 26.2 Å². The van der Waals surface area contributed by atoms with Crippen LogP contribution in [0.25, 0.3) is 0 Å². The van der Waals surface area contributed by atoms with Crippen molar-refractivity contribution in [3.63, 3.8) is 0 Å². The molecular formula is C14H19N5O2. The van der Waals surface area contributed by atoms with Crippen molar-refractivity contribution in [1.82, 2.24) is 25.4 Å². The highest BCUT2D eigenvalue weighted by atomic mass is 16.5. The van der Waals surface area contributed by atoms with Gasteiger partial charge >= 0.3 is 0 Å². The number of rotatable bonds is 2. The van der Waals surface area contributed by atoms with Gasteiger partial charge in [0.05, 0.1) is 23.8 Å². The average Bonchev–Trinajstić information content (AvgIpc) is 3.17. The number of H-pyrrole nitrogens is 1. The van der Waals surface area contributed by atoms with Crippen molar-refractivity contribution in [2.24, 2.45) is 0 Å². The van der Waals surface area contributed by atoms with E-state index >= 15 is 0 Å². The first-order valence-corrected chi connectivity index (χ1v) is 7.47. The molecule has 4 heterocycles. The van der Waals surface area contributed by atoms with Gasteiger partial charge in [-0.1, -0.05) is 5.16 Å². The number of fused-ring (bicyclic) bond motifs is 1. The zero-order valence-corrected chi connectivity index (χ0v) is 12.1. The first-order chi connectivity index (χ1) is 10.2. The molecule has 2 N–H and O–H groups in total. The minimum absolute atomic E-state index is 0.0224. The van der Waals surface area contributed by atoms with Crippen LogP contribution in [0.3, 0.4) is 0 Å². The molecule has 2 aliphatic rings. The molecule has 2 unspecified atom stereocenters. The molecule has 7 nitrogen and oxygen atoms in total. The topological polar surface area (TPSA) is 88.9 Å². The molecule has 1 saturated heterocycles. The van der Waals surface area contributed by atoms with Gasteiger partial charge in [0.25, 0.3) is 0 Å². The third-order valence-electron chi connectivity index (χ3n) is 4.41. The molecule has 2 atom stereocenters. The summed E-state index contributed by atoms with van der Waals surface area (Å²) in [5, 5.41) is 7.55. The van der Waals surface area contributed by atoms with Crippen LogP contribution in [0, 0.1) is 0 Å². The SMILES string of the molecule is CC1(c2noc(C3Cc4nc[nH]c4CN3)n2)CCCCO1. The van der Waals surface area contributed by atoms with Crippen molar-refractivity contribution >= 4 is 0 Å². The van der Waals surface area contributed by atoms with E-state index in [4.69, 9.17) is 9.26 Å². The van der Waals surface area contributed by atoms with E-state index in [1.165, 1.54) is 0 Å². The minimum atomic E-state index is -0.411. The zero-order chi connectivity index (χ0) is 14.3. The minimum Gasteiger partial charge on any atom is -0.367 e. The van der Waals surface area contributed by atoms with Gasteiger partial charge in [-0.25, -0.2) is 4.98 Å². The Morgan fingerprint density at radius 2 is 2.33 bits per heavy atom. The average molecular weight is 289 g/mol. The van der Waals surface area contributed by atoms with Crippen LogP contribution in [0.2, 0.25) is 0 Å². The number of hydrogen-bond donors (Lipinski definition) is 2. The van der Waals surface area contributed by atoms with Gasteiger partial charge in [-0.15, -0.1) is 0 Å². The summed E-state index contributed by atoms with van der Waals surface area (Å²) in [5.41, 5.74) is 1.79. The number of aromatic amines is 1. The van der Waals surface area contributed by atoms with Crippen LogP contribution >= 0.6 is 0 Å². The molecule has 0 aliphatic carbocycles. The van der Waals surface area contributed by atoms with Gasteiger partial charge < -0.3 is 14.2 Å². The summed E-state index contributed by atoms with van der Waals surface area (Å²) in [4.78, 5) is 12.0. The van der Waals surface area contributed by atoms with Crippen LogP contribution < -0.4 is 5.32 Å². The second-order valence-electron chi connectivity index (χ2n) is 5.96. The quantitative estimate of drug-likeness (QED) is 0.873. The van der Waals surface area contributed by atoms with Gasteiger partial charge in [0, 0.05) is 19.6 Å². The lowest BCUT2D eigenvalue weighted by atomic mass is 9.95. The standard InChI is InChI=1S/C14H19N5O2/c1-14(4-2-3-5-20-14)13-18-12(21-19-13)10-6-9-11(7-15-10)17-8-16-9/h8,10,15H,2-7H2,1H3,(H,16,17). The van der Waals surface area contributed by atoms with E-state index < -0.39 is 5.60 Å². The Bertz CT molecular complexity index is 629. The molecule has 2 aliphatic heterocycles. The predicted molar refractivity (Wildman–Crippen MR) is 73.3 cm³/mol. The van der Waals surface area contributed by atoms with Crippen LogP contribution in [0.15, 0.2) is 10.9 Å². The van der Waals surface area contributed by atoms with Gasteiger partial charge in [-0.3, -0.25) is 5.32 Å². The van der Waals surface area contributed by atoms with Gasteiger partial charge in [0.15, 0.2) is 0 Å². The first-order valence-electron chi connectivity index (χ1n) is 7.47. The van der Waals surface area contributed by atoms with Crippen LogP contribution in [0.4, 0.5) is 0 Å². The van der Waals surface area contributed by atoms with Crippen molar-refractivity contribution in [2.45, 2.75) is 50.8 Å². The Hall–Kier alpha value is -1.73. The molecule has 4 rings (SSSR count). The summed E-state index contributed by atoms with van der Waals surface area (Å²) in [7, 11) is 0. The summed E-state index contributed by atoms with van der Waals surface area (Å²) >= 11 is 0. The third kappa shape index (κ3) is 2.26. The Labute approximate surface area is 122 Å². The van der Waals surface area contributed by atoms with Crippen LogP contribution in [-0.4, -0.2) is 26.7 Å². The van der Waals surface area contributed by atoms with E-state index in [1.54, 1.807) is 6.33 Å². The molecular weight excluding hydrogens is 270 g/mol. The molecule has 0 amide bonds. The highest BCUT2D eigenvalue weighted by molar-refractivity contribution is 5.18. The molecule has 1 fully saturated rings. The second kappa shape index (κ2) is 4.92. The number of aromatic nitrogens is 4. The summed E-state index contributed by atoms with van der Waals surface area (Å²) in [5.74, 6) is 1.28. The monoisotopic (exact) mass is 289 g/mol. The van der Waals surface area contributed by atoms with Crippen molar-refractivity contribution in [3.8, 4) is 0 Å². The molecule has 21 heavy (non-hydrogen) atoms. The van der Waals surface area contributed by atoms with E-state index in [0.717, 1.165) is 50.2 Å². The van der Waals surface area contributed by atoms with E-state index in [-0.39, 0.29) is 6.04 Å². The summed E-state index contributed by atoms with van der Waals surface area (Å²) in [6, 6.07) is 0.0224. The lowest BCUT2D eigenvalue weighted by Gasteiger charge is -2.30. The summed E-state index contributed by atoms with van der Waals surface area (Å²) < 4.78 is 11.3. The molecule has 2 aromatic rings. The van der Waals surface area contributed by atoms with Crippen molar-refractivity contribution in [2.75, 3.05) is 6.61 Å². The molecule has 0 radical (unpaired) electrons. The third-order valence-corrected chi connectivity index (χ3v) is 4.41. The van der Waals surface area contributed by atoms with Crippen LogP contribution in [-0.2, 0) is 23.3 Å².